The molecule has 2 N–H and O–H groups in total. The first-order valence-corrected chi connectivity index (χ1v) is 9.36. The average Bonchev–Trinajstić information content (AvgIpc) is 2.89. The molecule has 4 nitrogen and oxygen atoms in total. The van der Waals surface area contributed by atoms with Crippen molar-refractivity contribution in [2.45, 2.75) is 33.5 Å². The predicted octanol–water partition coefficient (Wildman–Crippen LogP) is 4.93. The van der Waals surface area contributed by atoms with Gasteiger partial charge in [0, 0.05) is 41.6 Å². The second-order valence-corrected chi connectivity index (χ2v) is 7.15. The molecule has 0 saturated heterocycles. The molecule has 1 heterocycles. The van der Waals surface area contributed by atoms with Crippen LogP contribution in [0.1, 0.15) is 38.4 Å². The second-order valence-electron chi connectivity index (χ2n) is 6.74. The van der Waals surface area contributed by atoms with Crippen LogP contribution in [0.25, 0.3) is 0 Å². The van der Waals surface area contributed by atoms with E-state index in [1.54, 1.807) is 13.0 Å². The molecule has 28 heavy (non-hydrogen) atoms. The third-order valence-electron chi connectivity index (χ3n) is 4.94. The van der Waals surface area contributed by atoms with Gasteiger partial charge in [0.2, 0.25) is 0 Å². The Morgan fingerprint density at radius 3 is 2.46 bits per heavy atom. The highest BCUT2D eigenvalue weighted by molar-refractivity contribution is 6.31. The van der Waals surface area contributed by atoms with Gasteiger partial charge in [-0.05, 0) is 37.1 Å². The van der Waals surface area contributed by atoms with E-state index in [2.05, 4.69) is 5.32 Å². The molecule has 0 atom stereocenters. The lowest BCUT2D eigenvalue weighted by atomic mass is 10.1. The maximum Gasteiger partial charge on any atom is 0.337 e. The van der Waals surface area contributed by atoms with Crippen LogP contribution >= 0.6 is 11.6 Å². The van der Waals surface area contributed by atoms with Crippen LogP contribution in [0.5, 0.6) is 0 Å². The number of halogens is 2. The van der Waals surface area contributed by atoms with Gasteiger partial charge < -0.3 is 15.0 Å². The molecule has 0 unspecified atom stereocenters. The van der Waals surface area contributed by atoms with E-state index < -0.39 is 11.8 Å². The zero-order chi connectivity index (χ0) is 20.3. The van der Waals surface area contributed by atoms with Gasteiger partial charge in [0.25, 0.3) is 0 Å². The van der Waals surface area contributed by atoms with E-state index in [0.717, 1.165) is 22.4 Å². The molecule has 3 aromatic rings. The van der Waals surface area contributed by atoms with E-state index in [-0.39, 0.29) is 0 Å². The van der Waals surface area contributed by atoms with Crippen LogP contribution in [-0.4, -0.2) is 15.6 Å². The molecule has 0 fully saturated rings. The van der Waals surface area contributed by atoms with Gasteiger partial charge in [-0.1, -0.05) is 48.0 Å². The number of hydrogen-bond acceptors (Lipinski definition) is 2. The third-order valence-corrected chi connectivity index (χ3v) is 5.29. The minimum atomic E-state index is -0.957. The molecular weight excluding hydrogens is 379 g/mol. The second kappa shape index (κ2) is 8.59. The minimum absolute atomic E-state index is 0.302. The number of nitrogens with one attached hydrogen (secondary N) is 1. The Morgan fingerprint density at radius 2 is 1.82 bits per heavy atom. The topological polar surface area (TPSA) is 54.3 Å². The summed E-state index contributed by atoms with van der Waals surface area (Å²) in [6.45, 7) is 5.15. The lowest BCUT2D eigenvalue weighted by molar-refractivity contribution is 0.0694. The molecule has 146 valence electrons. The number of benzene rings is 2. The smallest absolute Gasteiger partial charge is 0.337 e. The summed E-state index contributed by atoms with van der Waals surface area (Å²) >= 11 is 6.16. The summed E-state index contributed by atoms with van der Waals surface area (Å²) in [4.78, 5) is 11.9. The first kappa shape index (κ1) is 20.1. The average molecular weight is 401 g/mol. The van der Waals surface area contributed by atoms with Crippen LogP contribution in [0, 0.1) is 19.7 Å². The fraction of sp³-hybridized carbons (Fsp3) is 0.227. The van der Waals surface area contributed by atoms with E-state index in [1.165, 1.54) is 12.1 Å². The zero-order valence-electron chi connectivity index (χ0n) is 15.8. The SMILES string of the molecule is Cc1c(CNCc2ccccc2)c(C(=O)O)c(C)n1Cc1ccc(F)cc1Cl. The molecule has 0 spiro atoms. The summed E-state index contributed by atoms with van der Waals surface area (Å²) in [5.74, 6) is -1.35. The number of aromatic nitrogens is 1. The van der Waals surface area contributed by atoms with Crippen molar-refractivity contribution in [1.29, 1.82) is 0 Å². The van der Waals surface area contributed by atoms with Crippen molar-refractivity contribution in [2.24, 2.45) is 0 Å². The molecule has 2 aromatic carbocycles. The predicted molar refractivity (Wildman–Crippen MR) is 108 cm³/mol. The van der Waals surface area contributed by atoms with Crippen molar-refractivity contribution < 1.29 is 14.3 Å². The number of nitrogens with zero attached hydrogens (tertiary/aromatic N) is 1. The van der Waals surface area contributed by atoms with Gasteiger partial charge in [0.1, 0.15) is 5.82 Å². The van der Waals surface area contributed by atoms with E-state index in [9.17, 15) is 14.3 Å². The number of aromatic carboxylic acids is 1. The van der Waals surface area contributed by atoms with Crippen molar-refractivity contribution in [2.75, 3.05) is 0 Å². The van der Waals surface area contributed by atoms with Crippen LogP contribution in [0.3, 0.4) is 0 Å². The number of carbonyl (C=O) groups is 1. The Labute approximate surface area is 168 Å². The molecular formula is C22H22ClFN2O2. The largest absolute Gasteiger partial charge is 0.478 e. The summed E-state index contributed by atoms with van der Waals surface area (Å²) in [6, 6.07) is 14.2. The third kappa shape index (κ3) is 4.26. The summed E-state index contributed by atoms with van der Waals surface area (Å²) in [6.07, 6.45) is 0. The molecule has 0 radical (unpaired) electrons. The fourth-order valence-electron chi connectivity index (χ4n) is 3.43. The van der Waals surface area contributed by atoms with E-state index in [4.69, 9.17) is 11.6 Å². The molecule has 0 aliphatic rings. The lowest BCUT2D eigenvalue weighted by Crippen LogP contribution is -2.15. The molecule has 0 aliphatic heterocycles. The summed E-state index contributed by atoms with van der Waals surface area (Å²) < 4.78 is 15.2. The monoisotopic (exact) mass is 400 g/mol. The lowest BCUT2D eigenvalue weighted by Gasteiger charge is -2.12. The van der Waals surface area contributed by atoms with E-state index in [1.807, 2.05) is 41.8 Å². The van der Waals surface area contributed by atoms with Crippen LogP contribution in [0.4, 0.5) is 4.39 Å². The number of rotatable bonds is 7. The molecule has 0 amide bonds. The fourth-order valence-corrected chi connectivity index (χ4v) is 3.66. The van der Waals surface area contributed by atoms with Crippen molar-refractivity contribution >= 4 is 17.6 Å². The molecule has 3 rings (SSSR count). The van der Waals surface area contributed by atoms with Crippen LogP contribution in [-0.2, 0) is 19.6 Å². The Balaban J connectivity index is 1.87. The van der Waals surface area contributed by atoms with E-state index >= 15 is 0 Å². The number of carboxylic acid groups (broad SMARTS) is 1. The maximum absolute atomic E-state index is 13.3. The van der Waals surface area contributed by atoms with Crippen LogP contribution in [0.2, 0.25) is 5.02 Å². The zero-order valence-corrected chi connectivity index (χ0v) is 16.6. The Morgan fingerprint density at radius 1 is 1.11 bits per heavy atom. The molecule has 1 aromatic heterocycles. The number of hydrogen-bond donors (Lipinski definition) is 2. The first-order chi connectivity index (χ1) is 13.4. The number of carboxylic acids is 1. The van der Waals surface area contributed by atoms with Gasteiger partial charge in [-0.25, -0.2) is 9.18 Å². The highest BCUT2D eigenvalue weighted by Crippen LogP contribution is 2.26. The van der Waals surface area contributed by atoms with Gasteiger partial charge in [0.15, 0.2) is 0 Å². The van der Waals surface area contributed by atoms with Crippen molar-refractivity contribution in [3.63, 3.8) is 0 Å². The van der Waals surface area contributed by atoms with Gasteiger partial charge in [-0.2, -0.15) is 0 Å². The van der Waals surface area contributed by atoms with Gasteiger partial charge in [-0.3, -0.25) is 0 Å². The summed E-state index contributed by atoms with van der Waals surface area (Å²) in [5, 5.41) is 13.4. The molecule has 0 bridgehead atoms. The molecule has 6 heteroatoms. The standard InChI is InChI=1S/C22H22ClFN2O2/c1-14-19(12-25-11-16-6-4-3-5-7-16)21(22(27)28)15(2)26(14)13-17-8-9-18(24)10-20(17)23/h3-10,25H,11-13H2,1-2H3,(H,27,28). The van der Waals surface area contributed by atoms with Gasteiger partial charge in [-0.15, -0.1) is 0 Å². The molecule has 0 saturated carbocycles. The van der Waals surface area contributed by atoms with E-state index in [0.29, 0.717) is 35.9 Å². The quantitative estimate of drug-likeness (QED) is 0.591. The van der Waals surface area contributed by atoms with Crippen LogP contribution < -0.4 is 5.32 Å². The first-order valence-electron chi connectivity index (χ1n) is 8.99. The van der Waals surface area contributed by atoms with Gasteiger partial charge >= 0.3 is 5.97 Å². The molecule has 0 aliphatic carbocycles. The summed E-state index contributed by atoms with van der Waals surface area (Å²) in [5.41, 5.74) is 4.43. The summed E-state index contributed by atoms with van der Waals surface area (Å²) in [7, 11) is 0. The normalized spacial score (nSPS) is 11.0. The Bertz CT molecular complexity index is 1000. The maximum atomic E-state index is 13.3. The van der Waals surface area contributed by atoms with Crippen molar-refractivity contribution in [1.82, 2.24) is 9.88 Å². The van der Waals surface area contributed by atoms with Crippen molar-refractivity contribution in [3.8, 4) is 0 Å². The highest BCUT2D eigenvalue weighted by atomic mass is 35.5. The highest BCUT2D eigenvalue weighted by Gasteiger charge is 2.22. The Hall–Kier alpha value is -2.63. The Kier molecular flexibility index (Phi) is 6.17. The minimum Gasteiger partial charge on any atom is -0.478 e. The van der Waals surface area contributed by atoms with Gasteiger partial charge in [0.05, 0.1) is 5.56 Å². The van der Waals surface area contributed by atoms with Crippen LogP contribution in [0.15, 0.2) is 48.5 Å². The van der Waals surface area contributed by atoms with Crippen molar-refractivity contribution in [3.05, 3.63) is 93.0 Å².